The van der Waals surface area contributed by atoms with Crippen LogP contribution in [-0.4, -0.2) is 70.0 Å². The molecule has 10 heteroatoms. The number of phosphoric ester groups is 1. The molecule has 0 amide bonds. The summed E-state index contributed by atoms with van der Waals surface area (Å²) in [5, 5.41) is 0. The predicted molar refractivity (Wildman–Crippen MR) is 250 cm³/mol. The Balaban J connectivity index is 4.38. The standard InChI is InChI=1S/C50H92NO8P/c1-6-8-10-12-14-16-18-20-22-23-24-25-26-27-29-31-33-35-37-39-41-43-50(53)59-48(47-58-60(54,55)57-45-44-51(3,4)5)46-56-49(52)42-40-38-36-34-32-30-28-21-19-17-15-13-11-9-7-2/h28,30,32,34,36,38,40,42,48H,6-27,29,31,33,35,37,39,41,43-47H2,1-5H3/b30-28-,34-32-,38-36+,42-40?/t48-/m1/s1. The topological polar surface area (TPSA) is 111 Å². The van der Waals surface area contributed by atoms with E-state index in [1.165, 1.54) is 160 Å². The van der Waals surface area contributed by atoms with Crippen molar-refractivity contribution in [3.05, 3.63) is 48.6 Å². The molecule has 0 rings (SSSR count). The van der Waals surface area contributed by atoms with Gasteiger partial charge in [-0.15, -0.1) is 0 Å². The summed E-state index contributed by atoms with van der Waals surface area (Å²) in [6, 6.07) is 0. The van der Waals surface area contributed by atoms with E-state index < -0.39 is 32.5 Å². The van der Waals surface area contributed by atoms with Crippen LogP contribution in [-0.2, 0) is 32.7 Å². The van der Waals surface area contributed by atoms with Crippen LogP contribution in [0.25, 0.3) is 0 Å². The molecular formula is C50H92NO8P. The number of nitrogens with zero attached hydrogens (tertiary/aromatic N) is 1. The molecule has 0 radical (unpaired) electrons. The Labute approximate surface area is 369 Å². The molecule has 0 aliphatic rings. The molecule has 350 valence electrons. The first kappa shape index (κ1) is 58.0. The Morgan fingerprint density at radius 1 is 0.550 bits per heavy atom. The first-order valence-corrected chi connectivity index (χ1v) is 25.9. The van der Waals surface area contributed by atoms with E-state index in [4.69, 9.17) is 18.5 Å². The molecule has 0 heterocycles. The molecule has 0 N–H and O–H groups in total. The summed E-state index contributed by atoms with van der Waals surface area (Å²) in [6.45, 7) is 4.07. The molecule has 0 aromatic rings. The number of hydrogen-bond donors (Lipinski definition) is 0. The monoisotopic (exact) mass is 866 g/mol. The highest BCUT2D eigenvalue weighted by molar-refractivity contribution is 7.45. The van der Waals surface area contributed by atoms with Crippen molar-refractivity contribution in [1.29, 1.82) is 0 Å². The van der Waals surface area contributed by atoms with Crippen LogP contribution in [0.1, 0.15) is 206 Å². The number of hydrogen-bond acceptors (Lipinski definition) is 8. The minimum absolute atomic E-state index is 0.0494. The Morgan fingerprint density at radius 2 is 0.967 bits per heavy atom. The Hall–Kier alpha value is -2.03. The highest BCUT2D eigenvalue weighted by Crippen LogP contribution is 2.38. The molecule has 2 atom stereocenters. The Kier molecular flexibility index (Phi) is 40.8. The molecule has 1 unspecified atom stereocenters. The van der Waals surface area contributed by atoms with E-state index in [0.717, 1.165) is 25.7 Å². The molecule has 0 spiro atoms. The number of ether oxygens (including phenoxy) is 2. The van der Waals surface area contributed by atoms with E-state index in [0.29, 0.717) is 17.4 Å². The molecule has 0 aliphatic heterocycles. The second kappa shape index (κ2) is 42.3. The van der Waals surface area contributed by atoms with E-state index >= 15 is 0 Å². The average Bonchev–Trinajstić information content (AvgIpc) is 3.20. The zero-order valence-corrected chi connectivity index (χ0v) is 40.3. The van der Waals surface area contributed by atoms with Crippen LogP contribution < -0.4 is 4.89 Å². The van der Waals surface area contributed by atoms with Crippen molar-refractivity contribution in [2.75, 3.05) is 47.5 Å². The van der Waals surface area contributed by atoms with Gasteiger partial charge in [0.05, 0.1) is 27.7 Å². The maximum absolute atomic E-state index is 12.7. The largest absolute Gasteiger partial charge is 0.756 e. The molecular weight excluding hydrogens is 774 g/mol. The van der Waals surface area contributed by atoms with Crippen LogP contribution in [0.4, 0.5) is 0 Å². The van der Waals surface area contributed by atoms with Crippen LogP contribution >= 0.6 is 7.82 Å². The van der Waals surface area contributed by atoms with Gasteiger partial charge in [-0.05, 0) is 19.3 Å². The van der Waals surface area contributed by atoms with Crippen molar-refractivity contribution in [1.82, 2.24) is 0 Å². The lowest BCUT2D eigenvalue weighted by Crippen LogP contribution is -2.37. The van der Waals surface area contributed by atoms with Gasteiger partial charge in [-0.2, -0.15) is 0 Å². The van der Waals surface area contributed by atoms with Gasteiger partial charge < -0.3 is 27.9 Å². The zero-order chi connectivity index (χ0) is 44.3. The average molecular weight is 866 g/mol. The number of unbranched alkanes of at least 4 members (excludes halogenated alkanes) is 27. The summed E-state index contributed by atoms with van der Waals surface area (Å²) < 4.78 is 33.7. The fraction of sp³-hybridized carbons (Fsp3) is 0.800. The molecule has 0 bridgehead atoms. The summed E-state index contributed by atoms with van der Waals surface area (Å²) in [5.74, 6) is -1.13. The molecule has 0 saturated heterocycles. The molecule has 60 heavy (non-hydrogen) atoms. The minimum Gasteiger partial charge on any atom is -0.756 e. The fourth-order valence-corrected chi connectivity index (χ4v) is 7.44. The Bertz CT molecular complexity index is 1160. The van der Waals surface area contributed by atoms with Gasteiger partial charge in [-0.25, -0.2) is 4.79 Å². The number of esters is 2. The minimum atomic E-state index is -4.66. The molecule has 0 saturated carbocycles. The van der Waals surface area contributed by atoms with E-state index in [1.807, 2.05) is 45.4 Å². The van der Waals surface area contributed by atoms with Crippen LogP contribution in [0.2, 0.25) is 0 Å². The van der Waals surface area contributed by atoms with Crippen LogP contribution in [0.5, 0.6) is 0 Å². The number of phosphoric acid groups is 1. The highest BCUT2D eigenvalue weighted by atomic mass is 31.2. The lowest BCUT2D eigenvalue weighted by Gasteiger charge is -2.28. The van der Waals surface area contributed by atoms with Crippen LogP contribution in [0, 0.1) is 0 Å². The number of carbonyl (C=O) groups excluding carboxylic acids is 2. The first-order valence-electron chi connectivity index (χ1n) is 24.4. The van der Waals surface area contributed by atoms with Gasteiger partial charge in [-0.3, -0.25) is 9.36 Å². The van der Waals surface area contributed by atoms with E-state index in [9.17, 15) is 19.0 Å². The van der Waals surface area contributed by atoms with Crippen molar-refractivity contribution in [2.45, 2.75) is 213 Å². The summed E-state index contributed by atoms with van der Waals surface area (Å²) in [4.78, 5) is 37.5. The molecule has 0 aromatic heterocycles. The lowest BCUT2D eigenvalue weighted by molar-refractivity contribution is -0.870. The number of rotatable bonds is 44. The Morgan fingerprint density at radius 3 is 1.43 bits per heavy atom. The number of quaternary nitrogens is 1. The van der Waals surface area contributed by atoms with Crippen LogP contribution in [0.15, 0.2) is 48.6 Å². The van der Waals surface area contributed by atoms with E-state index in [1.54, 1.807) is 12.2 Å². The summed E-state index contributed by atoms with van der Waals surface area (Å²) >= 11 is 0. The normalized spacial score (nSPS) is 13.9. The van der Waals surface area contributed by atoms with Gasteiger partial charge in [0.1, 0.15) is 19.8 Å². The summed E-state index contributed by atoms with van der Waals surface area (Å²) in [7, 11) is 1.11. The van der Waals surface area contributed by atoms with Gasteiger partial charge in [0, 0.05) is 12.5 Å². The lowest BCUT2D eigenvalue weighted by atomic mass is 10.0. The van der Waals surface area contributed by atoms with Crippen LogP contribution in [0.3, 0.4) is 0 Å². The smallest absolute Gasteiger partial charge is 0.330 e. The predicted octanol–water partition coefficient (Wildman–Crippen LogP) is 13.6. The molecule has 9 nitrogen and oxygen atoms in total. The quantitative estimate of drug-likeness (QED) is 0.0149. The van der Waals surface area contributed by atoms with E-state index in [2.05, 4.69) is 19.9 Å². The summed E-state index contributed by atoms with van der Waals surface area (Å²) in [5.41, 5.74) is 0. The fourth-order valence-electron chi connectivity index (χ4n) is 6.71. The second-order valence-corrected chi connectivity index (χ2v) is 19.0. The van der Waals surface area contributed by atoms with Crippen molar-refractivity contribution < 1.29 is 42.1 Å². The summed E-state index contributed by atoms with van der Waals surface area (Å²) in [6.07, 6.45) is 50.7. The third kappa shape index (κ3) is 45.5. The van der Waals surface area contributed by atoms with Crippen molar-refractivity contribution in [3.63, 3.8) is 0 Å². The van der Waals surface area contributed by atoms with Gasteiger partial charge in [0.15, 0.2) is 6.10 Å². The zero-order valence-electron chi connectivity index (χ0n) is 39.4. The first-order chi connectivity index (χ1) is 29.0. The van der Waals surface area contributed by atoms with Crippen molar-refractivity contribution in [2.24, 2.45) is 0 Å². The maximum atomic E-state index is 12.7. The van der Waals surface area contributed by atoms with Crippen molar-refractivity contribution >= 4 is 19.8 Å². The third-order valence-electron chi connectivity index (χ3n) is 10.5. The van der Waals surface area contributed by atoms with Gasteiger partial charge in [-0.1, -0.05) is 223 Å². The molecule has 0 fully saturated rings. The van der Waals surface area contributed by atoms with Gasteiger partial charge in [0.2, 0.25) is 0 Å². The van der Waals surface area contributed by atoms with Gasteiger partial charge >= 0.3 is 11.9 Å². The maximum Gasteiger partial charge on any atom is 0.330 e. The van der Waals surface area contributed by atoms with Crippen molar-refractivity contribution in [3.8, 4) is 0 Å². The van der Waals surface area contributed by atoms with Gasteiger partial charge in [0.25, 0.3) is 7.82 Å². The highest BCUT2D eigenvalue weighted by Gasteiger charge is 2.21. The number of allylic oxidation sites excluding steroid dienone is 7. The number of likely N-dealkylation sites (N-methyl/N-ethyl adjacent to an activating group) is 1. The third-order valence-corrected chi connectivity index (χ3v) is 11.5. The molecule has 0 aromatic carbocycles. The second-order valence-electron chi connectivity index (χ2n) is 17.6. The molecule has 0 aliphatic carbocycles. The van der Waals surface area contributed by atoms with E-state index in [-0.39, 0.29) is 19.6 Å². The number of carbonyl (C=O) groups is 2. The SMILES string of the molecule is CCCCCCCCC\C=C/C=C\C=C\C=CC(=O)OC[C@H](COP(=O)([O-])OCC[N+](C)(C)C)OC(=O)CCCCCCCCCCCCCCCCCCCCCCC.